The summed E-state index contributed by atoms with van der Waals surface area (Å²) in [6.07, 6.45) is -0.796. The van der Waals surface area contributed by atoms with E-state index in [2.05, 4.69) is 5.32 Å². The van der Waals surface area contributed by atoms with Gasteiger partial charge in [-0.2, -0.15) is 0 Å². The lowest BCUT2D eigenvalue weighted by molar-refractivity contribution is -0.129. The first kappa shape index (κ1) is 17.2. The predicted octanol–water partition coefficient (Wildman–Crippen LogP) is 0.256. The number of amides is 1. The lowest BCUT2D eigenvalue weighted by Gasteiger charge is -2.17. The number of nitrogen functional groups attached to an aromatic ring is 1. The van der Waals surface area contributed by atoms with Crippen molar-refractivity contribution in [1.29, 1.82) is 0 Å². The fraction of sp³-hybridized carbons (Fsp3) is 0.429. The number of carbonyl (C=O) groups excluding carboxylic acids is 2. The third-order valence-electron chi connectivity index (χ3n) is 3.47. The Balaban J connectivity index is 1.94. The molecule has 0 bridgehead atoms. The zero-order valence-electron chi connectivity index (χ0n) is 12.4. The van der Waals surface area contributed by atoms with Gasteiger partial charge in [-0.15, -0.1) is 0 Å². The van der Waals surface area contributed by atoms with Crippen LogP contribution in [0.25, 0.3) is 0 Å². The van der Waals surface area contributed by atoms with Gasteiger partial charge in [0.05, 0.1) is 17.1 Å². The minimum Gasteiger partial charge on any atom is -0.449 e. The van der Waals surface area contributed by atoms with E-state index in [1.807, 2.05) is 0 Å². The first-order valence-electron chi connectivity index (χ1n) is 6.95. The number of ether oxygens (including phenoxy) is 1. The van der Waals surface area contributed by atoms with Crippen LogP contribution in [0.1, 0.15) is 23.7 Å². The second-order valence-electron chi connectivity index (χ2n) is 5.39. The van der Waals surface area contributed by atoms with Crippen molar-refractivity contribution in [2.24, 2.45) is 0 Å². The molecule has 0 radical (unpaired) electrons. The lowest BCUT2D eigenvalue weighted by Crippen LogP contribution is -2.42. The van der Waals surface area contributed by atoms with Crippen LogP contribution in [0.5, 0.6) is 0 Å². The Morgan fingerprint density at radius 1 is 1.43 bits per heavy atom. The van der Waals surface area contributed by atoms with E-state index >= 15 is 0 Å². The van der Waals surface area contributed by atoms with Gasteiger partial charge in [0.1, 0.15) is 5.82 Å². The van der Waals surface area contributed by atoms with Crippen LogP contribution in [-0.2, 0) is 19.4 Å². The molecule has 23 heavy (non-hydrogen) atoms. The molecule has 0 saturated carbocycles. The van der Waals surface area contributed by atoms with Gasteiger partial charge in [-0.3, -0.25) is 4.79 Å². The molecule has 1 aromatic rings. The molecule has 126 valence electrons. The SMILES string of the molecule is C[C@H](OC(=O)c1ccc(F)cc1N)C(=O)N[C@@H]1CCS(=O)(=O)C1. The zero-order chi connectivity index (χ0) is 17.2. The highest BCUT2D eigenvalue weighted by Crippen LogP contribution is 2.16. The van der Waals surface area contributed by atoms with E-state index in [9.17, 15) is 22.4 Å². The molecule has 9 heteroatoms. The molecule has 2 atom stereocenters. The molecular formula is C14H17FN2O5S. The highest BCUT2D eigenvalue weighted by Gasteiger charge is 2.31. The minimum atomic E-state index is -3.12. The van der Waals surface area contributed by atoms with Gasteiger partial charge in [0.15, 0.2) is 15.9 Å². The van der Waals surface area contributed by atoms with E-state index in [4.69, 9.17) is 10.5 Å². The molecule has 1 aliphatic heterocycles. The molecule has 1 heterocycles. The Bertz CT molecular complexity index is 735. The molecule has 1 amide bonds. The van der Waals surface area contributed by atoms with Crippen LogP contribution < -0.4 is 11.1 Å². The van der Waals surface area contributed by atoms with Gasteiger partial charge in [-0.25, -0.2) is 17.6 Å². The maximum absolute atomic E-state index is 12.9. The van der Waals surface area contributed by atoms with Gasteiger partial charge in [0, 0.05) is 11.7 Å². The lowest BCUT2D eigenvalue weighted by atomic mass is 10.2. The zero-order valence-corrected chi connectivity index (χ0v) is 13.2. The van der Waals surface area contributed by atoms with Crippen molar-refractivity contribution < 1.29 is 27.1 Å². The standard InChI is InChI=1S/C14H17FN2O5S/c1-8(13(18)17-10-4-5-23(20,21)7-10)22-14(19)11-3-2-9(15)6-12(11)16/h2-3,6,8,10H,4-5,7,16H2,1H3,(H,17,18)/t8-,10+/m0/s1. The smallest absolute Gasteiger partial charge is 0.341 e. The van der Waals surface area contributed by atoms with Gasteiger partial charge in [-0.05, 0) is 31.5 Å². The first-order valence-corrected chi connectivity index (χ1v) is 8.77. The Kier molecular flexibility index (Phi) is 4.88. The molecule has 7 nitrogen and oxygen atoms in total. The summed E-state index contributed by atoms with van der Waals surface area (Å²) >= 11 is 0. The van der Waals surface area contributed by atoms with Gasteiger partial charge < -0.3 is 15.8 Å². The van der Waals surface area contributed by atoms with E-state index in [1.165, 1.54) is 13.0 Å². The fourth-order valence-corrected chi connectivity index (χ4v) is 3.90. The van der Waals surface area contributed by atoms with Crippen LogP contribution in [0.3, 0.4) is 0 Å². The molecule has 2 rings (SSSR count). The molecule has 0 aromatic heterocycles. The number of anilines is 1. The van der Waals surface area contributed by atoms with Crippen LogP contribution in [0.2, 0.25) is 0 Å². The monoisotopic (exact) mass is 344 g/mol. The Labute approximate surface area is 132 Å². The average Bonchev–Trinajstić information content (AvgIpc) is 2.77. The maximum atomic E-state index is 12.9. The molecule has 1 saturated heterocycles. The van der Waals surface area contributed by atoms with Crippen molar-refractivity contribution in [2.45, 2.75) is 25.5 Å². The highest BCUT2D eigenvalue weighted by atomic mass is 32.2. The van der Waals surface area contributed by atoms with Crippen molar-refractivity contribution >= 4 is 27.4 Å². The number of carbonyl (C=O) groups is 2. The maximum Gasteiger partial charge on any atom is 0.341 e. The number of nitrogens with one attached hydrogen (secondary N) is 1. The molecule has 0 aliphatic carbocycles. The van der Waals surface area contributed by atoms with E-state index in [-0.39, 0.29) is 22.8 Å². The van der Waals surface area contributed by atoms with Crippen LogP contribution in [0.15, 0.2) is 18.2 Å². The number of benzene rings is 1. The van der Waals surface area contributed by atoms with Crippen LogP contribution in [0, 0.1) is 5.82 Å². The number of halogens is 1. The molecule has 1 aliphatic rings. The quantitative estimate of drug-likeness (QED) is 0.598. The predicted molar refractivity (Wildman–Crippen MR) is 80.9 cm³/mol. The third kappa shape index (κ3) is 4.41. The summed E-state index contributed by atoms with van der Waals surface area (Å²) in [7, 11) is -3.12. The summed E-state index contributed by atoms with van der Waals surface area (Å²) in [4.78, 5) is 23.9. The number of esters is 1. The van der Waals surface area contributed by atoms with E-state index in [1.54, 1.807) is 0 Å². The van der Waals surface area contributed by atoms with E-state index in [0.29, 0.717) is 6.42 Å². The van der Waals surface area contributed by atoms with Gasteiger partial charge in [0.2, 0.25) is 0 Å². The molecule has 3 N–H and O–H groups in total. The van der Waals surface area contributed by atoms with E-state index in [0.717, 1.165) is 12.1 Å². The van der Waals surface area contributed by atoms with Crippen LogP contribution in [0.4, 0.5) is 10.1 Å². The van der Waals surface area contributed by atoms with Gasteiger partial charge in [0.25, 0.3) is 5.91 Å². The second-order valence-corrected chi connectivity index (χ2v) is 7.62. The Morgan fingerprint density at radius 3 is 2.70 bits per heavy atom. The summed E-state index contributed by atoms with van der Waals surface area (Å²) < 4.78 is 40.6. The van der Waals surface area contributed by atoms with Gasteiger partial charge in [-0.1, -0.05) is 0 Å². The van der Waals surface area contributed by atoms with E-state index < -0.39 is 39.7 Å². The van der Waals surface area contributed by atoms with Crippen molar-refractivity contribution in [3.63, 3.8) is 0 Å². The normalized spacial score (nSPS) is 20.7. The molecule has 1 fully saturated rings. The summed E-state index contributed by atoms with van der Waals surface area (Å²) in [5.74, 6) is -2.14. The number of nitrogens with two attached hydrogens (primary N) is 1. The fourth-order valence-electron chi connectivity index (χ4n) is 2.22. The summed E-state index contributed by atoms with van der Waals surface area (Å²) in [5, 5.41) is 2.53. The van der Waals surface area contributed by atoms with Crippen molar-refractivity contribution in [1.82, 2.24) is 5.32 Å². The van der Waals surface area contributed by atoms with Crippen molar-refractivity contribution in [3.8, 4) is 0 Å². The molecule has 0 unspecified atom stereocenters. The average molecular weight is 344 g/mol. The topological polar surface area (TPSA) is 116 Å². The second kappa shape index (κ2) is 6.53. The molecule has 1 aromatic carbocycles. The summed E-state index contributed by atoms with van der Waals surface area (Å²) in [5.41, 5.74) is 5.39. The molecular weight excluding hydrogens is 327 g/mol. The number of hydrogen-bond acceptors (Lipinski definition) is 6. The molecule has 0 spiro atoms. The first-order chi connectivity index (χ1) is 10.7. The number of rotatable bonds is 4. The Morgan fingerprint density at radius 2 is 2.13 bits per heavy atom. The van der Waals surface area contributed by atoms with Gasteiger partial charge >= 0.3 is 5.97 Å². The van der Waals surface area contributed by atoms with Crippen molar-refractivity contribution in [3.05, 3.63) is 29.6 Å². The Hall–Kier alpha value is -2.16. The van der Waals surface area contributed by atoms with Crippen LogP contribution in [-0.4, -0.2) is 43.9 Å². The third-order valence-corrected chi connectivity index (χ3v) is 5.23. The summed E-state index contributed by atoms with van der Waals surface area (Å²) in [6, 6.07) is 2.72. The van der Waals surface area contributed by atoms with Crippen LogP contribution >= 0.6 is 0 Å². The largest absolute Gasteiger partial charge is 0.449 e. The number of sulfone groups is 1. The summed E-state index contributed by atoms with van der Waals surface area (Å²) in [6.45, 7) is 1.36. The minimum absolute atomic E-state index is 0.0260. The highest BCUT2D eigenvalue weighted by molar-refractivity contribution is 7.91. The van der Waals surface area contributed by atoms with Crippen molar-refractivity contribution in [2.75, 3.05) is 17.2 Å². The number of hydrogen-bond donors (Lipinski definition) is 2.